The van der Waals surface area contributed by atoms with Crippen LogP contribution in [0.15, 0.2) is 29.8 Å². The smallest absolute Gasteiger partial charge is 0.305 e. The second-order valence-corrected chi connectivity index (χ2v) is 4.10. The van der Waals surface area contributed by atoms with Crippen LogP contribution in [-0.4, -0.2) is 13.1 Å². The van der Waals surface area contributed by atoms with E-state index in [9.17, 15) is 9.18 Å². The lowest BCUT2D eigenvalue weighted by Gasteiger charge is -2.03. The third kappa shape index (κ3) is 4.97. The van der Waals surface area contributed by atoms with Crippen LogP contribution < -0.4 is 0 Å². The van der Waals surface area contributed by atoms with Crippen molar-refractivity contribution in [2.75, 3.05) is 7.11 Å². The lowest BCUT2D eigenvalue weighted by Crippen LogP contribution is -2.03. The van der Waals surface area contributed by atoms with Crippen molar-refractivity contribution in [3.05, 3.63) is 46.8 Å². The molecule has 0 saturated carbocycles. The molecule has 0 aromatic heterocycles. The maximum absolute atomic E-state index is 13.8. The van der Waals surface area contributed by atoms with E-state index < -0.39 is 0 Å². The topological polar surface area (TPSA) is 26.3 Å². The molecule has 1 rings (SSSR count). The van der Waals surface area contributed by atoms with Gasteiger partial charge in [0.2, 0.25) is 0 Å². The number of ether oxygens (including phenoxy) is 1. The number of carbonyl (C=O) groups is 1. The van der Waals surface area contributed by atoms with E-state index in [4.69, 9.17) is 0 Å². The Balaban J connectivity index is 2.79. The number of allylic oxidation sites excluding steroid dienone is 2. The summed E-state index contributed by atoms with van der Waals surface area (Å²) in [4.78, 5) is 11.0. The van der Waals surface area contributed by atoms with Crippen LogP contribution in [-0.2, 0) is 16.0 Å². The Morgan fingerprint density at radius 1 is 1.47 bits per heavy atom. The fourth-order valence-corrected chi connectivity index (χ4v) is 1.41. The molecule has 0 radical (unpaired) electrons. The highest BCUT2D eigenvalue weighted by molar-refractivity contribution is 5.69. The SMILES string of the molecule is C/C=C(\C)C#Cc1ccc(CCC(=O)OC)c(F)c1. The van der Waals surface area contributed by atoms with E-state index in [1.54, 1.807) is 12.1 Å². The van der Waals surface area contributed by atoms with E-state index in [1.807, 2.05) is 19.9 Å². The van der Waals surface area contributed by atoms with Crippen LogP contribution in [0.1, 0.15) is 31.4 Å². The first-order chi connectivity index (χ1) is 9.06. The van der Waals surface area contributed by atoms with E-state index in [0.717, 1.165) is 5.57 Å². The van der Waals surface area contributed by atoms with Crippen LogP contribution in [0, 0.1) is 17.7 Å². The van der Waals surface area contributed by atoms with Gasteiger partial charge in [0.15, 0.2) is 0 Å². The fourth-order valence-electron chi connectivity index (χ4n) is 1.41. The largest absolute Gasteiger partial charge is 0.469 e. The van der Waals surface area contributed by atoms with Gasteiger partial charge in [0.1, 0.15) is 5.82 Å². The lowest BCUT2D eigenvalue weighted by atomic mass is 10.1. The van der Waals surface area contributed by atoms with E-state index in [0.29, 0.717) is 17.5 Å². The molecular formula is C16H17FO2. The lowest BCUT2D eigenvalue weighted by molar-refractivity contribution is -0.140. The Morgan fingerprint density at radius 2 is 2.21 bits per heavy atom. The van der Waals surface area contributed by atoms with Gasteiger partial charge in [-0.3, -0.25) is 4.79 Å². The average Bonchev–Trinajstić information content (AvgIpc) is 2.43. The van der Waals surface area contributed by atoms with Crippen molar-refractivity contribution >= 4 is 5.97 Å². The predicted molar refractivity (Wildman–Crippen MR) is 73.0 cm³/mol. The molecule has 0 amide bonds. The van der Waals surface area contributed by atoms with E-state index in [1.165, 1.54) is 13.2 Å². The van der Waals surface area contributed by atoms with Crippen molar-refractivity contribution in [2.24, 2.45) is 0 Å². The predicted octanol–water partition coefficient (Wildman–Crippen LogP) is 3.25. The van der Waals surface area contributed by atoms with Crippen molar-refractivity contribution in [3.8, 4) is 11.8 Å². The van der Waals surface area contributed by atoms with Crippen LogP contribution in [0.25, 0.3) is 0 Å². The van der Waals surface area contributed by atoms with Gasteiger partial charge in [-0.05, 0) is 43.5 Å². The summed E-state index contributed by atoms with van der Waals surface area (Å²) >= 11 is 0. The van der Waals surface area contributed by atoms with E-state index in [2.05, 4.69) is 16.6 Å². The first kappa shape index (κ1) is 15.0. The maximum Gasteiger partial charge on any atom is 0.305 e. The molecule has 1 aromatic rings. The van der Waals surface area contributed by atoms with Crippen LogP contribution in [0.5, 0.6) is 0 Å². The average molecular weight is 260 g/mol. The van der Waals surface area contributed by atoms with Gasteiger partial charge in [-0.2, -0.15) is 0 Å². The molecule has 0 aliphatic rings. The Kier molecular flexibility index (Phi) is 5.81. The minimum absolute atomic E-state index is 0.177. The zero-order valence-electron chi connectivity index (χ0n) is 11.4. The molecule has 100 valence electrons. The Labute approximate surface area is 113 Å². The third-order valence-corrected chi connectivity index (χ3v) is 2.72. The molecule has 0 atom stereocenters. The number of carbonyl (C=O) groups excluding carboxylic acids is 1. The van der Waals surface area contributed by atoms with Gasteiger partial charge in [-0.15, -0.1) is 0 Å². The molecule has 0 saturated heterocycles. The zero-order valence-corrected chi connectivity index (χ0v) is 11.4. The molecule has 0 bridgehead atoms. The van der Waals surface area contributed by atoms with Gasteiger partial charge < -0.3 is 4.74 Å². The standard InChI is InChI=1S/C16H17FO2/c1-4-12(2)5-6-13-7-8-14(15(17)11-13)9-10-16(18)19-3/h4,7-8,11H,9-10H2,1-3H3/b12-4+. The van der Waals surface area contributed by atoms with Crippen molar-refractivity contribution in [1.82, 2.24) is 0 Å². The van der Waals surface area contributed by atoms with Crippen molar-refractivity contribution in [2.45, 2.75) is 26.7 Å². The van der Waals surface area contributed by atoms with Gasteiger partial charge in [0, 0.05) is 12.0 Å². The van der Waals surface area contributed by atoms with Crippen molar-refractivity contribution in [3.63, 3.8) is 0 Å². The number of esters is 1. The minimum atomic E-state index is -0.341. The summed E-state index contributed by atoms with van der Waals surface area (Å²) in [5.74, 6) is 5.13. The molecule has 0 spiro atoms. The molecule has 0 unspecified atom stereocenters. The number of methoxy groups -OCH3 is 1. The summed E-state index contributed by atoms with van der Waals surface area (Å²) in [5.41, 5.74) is 2.06. The van der Waals surface area contributed by atoms with Crippen LogP contribution >= 0.6 is 0 Å². The van der Waals surface area contributed by atoms with Crippen LogP contribution in [0.3, 0.4) is 0 Å². The first-order valence-electron chi connectivity index (χ1n) is 6.07. The van der Waals surface area contributed by atoms with Crippen LogP contribution in [0.2, 0.25) is 0 Å². The van der Waals surface area contributed by atoms with Gasteiger partial charge in [0.05, 0.1) is 7.11 Å². The molecular weight excluding hydrogens is 243 g/mol. The van der Waals surface area contributed by atoms with E-state index in [-0.39, 0.29) is 18.2 Å². The highest BCUT2D eigenvalue weighted by Crippen LogP contribution is 2.12. The quantitative estimate of drug-likeness (QED) is 0.616. The zero-order chi connectivity index (χ0) is 14.3. The number of aryl methyl sites for hydroxylation is 1. The van der Waals surface area contributed by atoms with Crippen molar-refractivity contribution in [1.29, 1.82) is 0 Å². The highest BCUT2D eigenvalue weighted by Gasteiger charge is 2.06. The number of hydrogen-bond donors (Lipinski definition) is 0. The minimum Gasteiger partial charge on any atom is -0.469 e. The summed E-state index contributed by atoms with van der Waals surface area (Å²) in [6.07, 6.45) is 2.41. The second-order valence-electron chi connectivity index (χ2n) is 4.10. The molecule has 0 fully saturated rings. The maximum atomic E-state index is 13.8. The molecule has 0 aliphatic carbocycles. The van der Waals surface area contributed by atoms with Gasteiger partial charge >= 0.3 is 5.97 Å². The molecule has 0 aliphatic heterocycles. The molecule has 2 nitrogen and oxygen atoms in total. The number of halogens is 1. The molecule has 0 heterocycles. The second kappa shape index (κ2) is 7.38. The third-order valence-electron chi connectivity index (χ3n) is 2.72. The fraction of sp³-hybridized carbons (Fsp3) is 0.312. The molecule has 19 heavy (non-hydrogen) atoms. The summed E-state index contributed by atoms with van der Waals surface area (Å²) in [7, 11) is 1.32. The number of benzene rings is 1. The monoisotopic (exact) mass is 260 g/mol. The highest BCUT2D eigenvalue weighted by atomic mass is 19.1. The number of rotatable bonds is 3. The van der Waals surface area contributed by atoms with Gasteiger partial charge in [-0.1, -0.05) is 24.0 Å². The van der Waals surface area contributed by atoms with Crippen LogP contribution in [0.4, 0.5) is 4.39 Å². The summed E-state index contributed by atoms with van der Waals surface area (Å²) < 4.78 is 18.3. The summed E-state index contributed by atoms with van der Waals surface area (Å²) in [5, 5.41) is 0. The van der Waals surface area contributed by atoms with Crippen molar-refractivity contribution < 1.29 is 13.9 Å². The Hall–Kier alpha value is -2.08. The first-order valence-corrected chi connectivity index (χ1v) is 6.07. The summed E-state index contributed by atoms with van der Waals surface area (Å²) in [6, 6.07) is 4.81. The van der Waals surface area contributed by atoms with E-state index >= 15 is 0 Å². The van der Waals surface area contributed by atoms with Gasteiger partial charge in [-0.25, -0.2) is 4.39 Å². The molecule has 0 N–H and O–H groups in total. The normalized spacial score (nSPS) is 10.6. The Morgan fingerprint density at radius 3 is 2.79 bits per heavy atom. The number of hydrogen-bond acceptors (Lipinski definition) is 2. The molecule has 3 heteroatoms. The Bertz CT molecular complexity index is 548. The summed E-state index contributed by atoms with van der Waals surface area (Å²) in [6.45, 7) is 3.80. The molecule has 1 aromatic carbocycles. The van der Waals surface area contributed by atoms with Gasteiger partial charge in [0.25, 0.3) is 0 Å².